The van der Waals surface area contributed by atoms with Crippen molar-refractivity contribution in [1.29, 1.82) is 0 Å². The van der Waals surface area contributed by atoms with Crippen LogP contribution in [0.3, 0.4) is 0 Å². The van der Waals surface area contributed by atoms with Crippen LogP contribution in [0.15, 0.2) is 18.2 Å². The van der Waals surface area contributed by atoms with Crippen LogP contribution in [0, 0.1) is 12.7 Å². The summed E-state index contributed by atoms with van der Waals surface area (Å²) in [5.41, 5.74) is 8.38. The van der Waals surface area contributed by atoms with Gasteiger partial charge >= 0.3 is 0 Å². The molecule has 2 N–H and O–H groups in total. The first-order valence-corrected chi connectivity index (χ1v) is 6.95. The summed E-state index contributed by atoms with van der Waals surface area (Å²) in [6.45, 7) is 2.07. The van der Waals surface area contributed by atoms with E-state index in [1.54, 1.807) is 12.1 Å². The van der Waals surface area contributed by atoms with E-state index in [1.165, 1.54) is 24.8 Å². The third kappa shape index (κ3) is 2.01. The van der Waals surface area contributed by atoms with Crippen LogP contribution in [0.2, 0.25) is 0 Å². The van der Waals surface area contributed by atoms with Crippen molar-refractivity contribution < 1.29 is 4.39 Å². The van der Waals surface area contributed by atoms with Crippen molar-refractivity contribution in [2.75, 3.05) is 4.90 Å². The van der Waals surface area contributed by atoms with Crippen molar-refractivity contribution in [2.45, 2.75) is 57.2 Å². The molecule has 98 valence electrons. The minimum Gasteiger partial charge on any atom is -0.365 e. The second-order valence-electron chi connectivity index (χ2n) is 5.81. The number of benzene rings is 1. The Kier molecular flexibility index (Phi) is 3.02. The van der Waals surface area contributed by atoms with Gasteiger partial charge in [0.15, 0.2) is 0 Å². The standard InChI is InChI=1S/C15H21FN2/c1-10-5-6-11(16)7-15(10)18-13-3-2-4-14(18)9-12(17)8-13/h5-7,12-14H,2-4,8-9,17H2,1H3. The molecule has 1 aromatic carbocycles. The summed E-state index contributed by atoms with van der Waals surface area (Å²) in [4.78, 5) is 2.45. The Labute approximate surface area is 108 Å². The molecular formula is C15H21FN2. The molecular weight excluding hydrogens is 227 g/mol. The summed E-state index contributed by atoms with van der Waals surface area (Å²) in [5, 5.41) is 0. The molecule has 0 saturated carbocycles. The number of hydrogen-bond acceptors (Lipinski definition) is 2. The molecule has 3 rings (SSSR count). The Morgan fingerprint density at radius 1 is 1.22 bits per heavy atom. The highest BCUT2D eigenvalue weighted by molar-refractivity contribution is 5.56. The van der Waals surface area contributed by atoms with Crippen molar-refractivity contribution in [3.8, 4) is 0 Å². The van der Waals surface area contributed by atoms with E-state index >= 15 is 0 Å². The van der Waals surface area contributed by atoms with Crippen LogP contribution in [-0.4, -0.2) is 18.1 Å². The largest absolute Gasteiger partial charge is 0.365 e. The van der Waals surface area contributed by atoms with Crippen LogP contribution in [0.4, 0.5) is 10.1 Å². The predicted molar refractivity (Wildman–Crippen MR) is 72.3 cm³/mol. The summed E-state index contributed by atoms with van der Waals surface area (Å²) >= 11 is 0. The Morgan fingerprint density at radius 2 is 1.89 bits per heavy atom. The van der Waals surface area contributed by atoms with E-state index in [2.05, 4.69) is 11.8 Å². The first kappa shape index (κ1) is 12.0. The number of nitrogens with zero attached hydrogens (tertiary/aromatic N) is 1. The average Bonchev–Trinajstić information content (AvgIpc) is 2.31. The van der Waals surface area contributed by atoms with Gasteiger partial charge in [0, 0.05) is 23.8 Å². The Hall–Kier alpha value is -1.09. The number of nitrogens with two attached hydrogens (primary N) is 1. The molecule has 0 spiro atoms. The molecule has 0 radical (unpaired) electrons. The van der Waals surface area contributed by atoms with Gasteiger partial charge in [0.1, 0.15) is 5.82 Å². The zero-order valence-corrected chi connectivity index (χ0v) is 10.9. The van der Waals surface area contributed by atoms with Gasteiger partial charge in [0.2, 0.25) is 0 Å². The fourth-order valence-corrected chi connectivity index (χ4v) is 3.68. The van der Waals surface area contributed by atoms with Gasteiger partial charge < -0.3 is 10.6 Å². The molecule has 2 fully saturated rings. The number of anilines is 1. The first-order valence-electron chi connectivity index (χ1n) is 6.95. The molecule has 3 heteroatoms. The third-order valence-electron chi connectivity index (χ3n) is 4.46. The van der Waals surface area contributed by atoms with Gasteiger partial charge in [-0.05, 0) is 56.7 Å². The number of halogens is 1. The summed E-state index contributed by atoms with van der Waals surface area (Å²) < 4.78 is 13.5. The van der Waals surface area contributed by atoms with E-state index in [0.29, 0.717) is 18.1 Å². The molecule has 2 bridgehead atoms. The maximum Gasteiger partial charge on any atom is 0.125 e. The molecule has 2 saturated heterocycles. The number of fused-ring (bicyclic) bond motifs is 2. The van der Waals surface area contributed by atoms with E-state index in [1.807, 2.05) is 6.07 Å². The maximum atomic E-state index is 13.5. The summed E-state index contributed by atoms with van der Waals surface area (Å²) in [7, 11) is 0. The van der Waals surface area contributed by atoms with Crippen molar-refractivity contribution in [2.24, 2.45) is 5.73 Å². The minimum absolute atomic E-state index is 0.136. The van der Waals surface area contributed by atoms with Gasteiger partial charge in [0.25, 0.3) is 0 Å². The molecule has 0 aliphatic carbocycles. The van der Waals surface area contributed by atoms with Gasteiger partial charge in [-0.15, -0.1) is 0 Å². The van der Waals surface area contributed by atoms with Crippen molar-refractivity contribution in [3.63, 3.8) is 0 Å². The van der Waals surface area contributed by atoms with E-state index in [4.69, 9.17) is 5.73 Å². The number of piperidine rings is 2. The molecule has 1 aromatic rings. The normalized spacial score (nSPS) is 31.5. The molecule has 18 heavy (non-hydrogen) atoms. The predicted octanol–water partition coefficient (Wildman–Crippen LogP) is 2.98. The molecule has 2 aliphatic rings. The van der Waals surface area contributed by atoms with Crippen LogP contribution in [0.25, 0.3) is 0 Å². The number of aryl methyl sites for hydroxylation is 1. The van der Waals surface area contributed by atoms with Gasteiger partial charge in [-0.3, -0.25) is 0 Å². The highest BCUT2D eigenvalue weighted by Crippen LogP contribution is 2.38. The van der Waals surface area contributed by atoms with Crippen LogP contribution in [0.1, 0.15) is 37.7 Å². The van der Waals surface area contributed by atoms with Gasteiger partial charge in [-0.25, -0.2) is 4.39 Å². The lowest BCUT2D eigenvalue weighted by Gasteiger charge is -2.50. The Balaban J connectivity index is 1.97. The second kappa shape index (κ2) is 4.54. The van der Waals surface area contributed by atoms with Crippen molar-refractivity contribution in [3.05, 3.63) is 29.6 Å². The lowest BCUT2D eigenvalue weighted by atomic mass is 9.81. The van der Waals surface area contributed by atoms with Crippen LogP contribution in [-0.2, 0) is 0 Å². The molecule has 2 unspecified atom stereocenters. The molecule has 0 amide bonds. The Morgan fingerprint density at radius 3 is 2.56 bits per heavy atom. The molecule has 2 atom stereocenters. The van der Waals surface area contributed by atoms with Crippen LogP contribution in [0.5, 0.6) is 0 Å². The highest BCUT2D eigenvalue weighted by atomic mass is 19.1. The zero-order chi connectivity index (χ0) is 12.7. The molecule has 2 aliphatic heterocycles. The van der Waals surface area contributed by atoms with Crippen molar-refractivity contribution >= 4 is 5.69 Å². The van der Waals surface area contributed by atoms with Gasteiger partial charge in [-0.1, -0.05) is 6.07 Å². The number of hydrogen-bond donors (Lipinski definition) is 1. The summed E-state index contributed by atoms with van der Waals surface area (Å²) in [5.74, 6) is -0.136. The zero-order valence-electron chi connectivity index (χ0n) is 10.9. The van der Waals surface area contributed by atoms with Gasteiger partial charge in [0.05, 0.1) is 0 Å². The van der Waals surface area contributed by atoms with E-state index in [-0.39, 0.29) is 5.82 Å². The fourth-order valence-electron chi connectivity index (χ4n) is 3.68. The van der Waals surface area contributed by atoms with Gasteiger partial charge in [-0.2, -0.15) is 0 Å². The van der Waals surface area contributed by atoms with E-state index in [0.717, 1.165) is 18.5 Å². The average molecular weight is 248 g/mol. The fraction of sp³-hybridized carbons (Fsp3) is 0.600. The monoisotopic (exact) mass is 248 g/mol. The van der Waals surface area contributed by atoms with Crippen LogP contribution >= 0.6 is 0 Å². The SMILES string of the molecule is Cc1ccc(F)cc1N1C2CCCC1CC(N)C2. The quantitative estimate of drug-likeness (QED) is 0.828. The third-order valence-corrected chi connectivity index (χ3v) is 4.46. The molecule has 0 aromatic heterocycles. The summed E-state index contributed by atoms with van der Waals surface area (Å²) in [6, 6.07) is 6.46. The molecule has 2 heterocycles. The second-order valence-corrected chi connectivity index (χ2v) is 5.81. The van der Waals surface area contributed by atoms with Crippen molar-refractivity contribution in [1.82, 2.24) is 0 Å². The maximum absolute atomic E-state index is 13.5. The van der Waals surface area contributed by atoms with E-state index < -0.39 is 0 Å². The first-order chi connectivity index (χ1) is 8.65. The summed E-state index contributed by atoms with van der Waals surface area (Å²) in [6.07, 6.45) is 5.77. The smallest absolute Gasteiger partial charge is 0.125 e. The Bertz CT molecular complexity index is 432. The van der Waals surface area contributed by atoms with E-state index in [9.17, 15) is 4.39 Å². The number of rotatable bonds is 1. The lowest BCUT2D eigenvalue weighted by molar-refractivity contribution is 0.271. The van der Waals surface area contributed by atoms with Crippen LogP contribution < -0.4 is 10.6 Å². The topological polar surface area (TPSA) is 29.3 Å². The highest BCUT2D eigenvalue weighted by Gasteiger charge is 2.37. The molecule has 2 nitrogen and oxygen atoms in total. The minimum atomic E-state index is -0.136. The lowest BCUT2D eigenvalue weighted by Crippen LogP contribution is -2.55.